The number of ether oxygens (including phenoxy) is 1. The van der Waals surface area contributed by atoms with Gasteiger partial charge in [0.05, 0.1) is 10.0 Å². The van der Waals surface area contributed by atoms with E-state index in [1.54, 1.807) is 6.07 Å². The Morgan fingerprint density at radius 2 is 1.80 bits per heavy atom. The molecule has 3 nitrogen and oxygen atoms in total. The Kier molecular flexibility index (Phi) is 3.92. The van der Waals surface area contributed by atoms with E-state index in [1.165, 1.54) is 0 Å². The molecule has 1 aliphatic carbocycles. The maximum Gasteiger partial charge on any atom is 0.241 e. The summed E-state index contributed by atoms with van der Waals surface area (Å²) in [7, 11) is 0. The van der Waals surface area contributed by atoms with Gasteiger partial charge in [-0.2, -0.15) is 4.89 Å². The van der Waals surface area contributed by atoms with Gasteiger partial charge in [0.15, 0.2) is 5.60 Å². The molecule has 3 aliphatic heterocycles. The molecule has 0 aromatic heterocycles. The van der Waals surface area contributed by atoms with Gasteiger partial charge in [0.2, 0.25) is 5.79 Å². The first-order chi connectivity index (χ1) is 11.7. The van der Waals surface area contributed by atoms with Crippen molar-refractivity contribution in [3.63, 3.8) is 0 Å². The lowest BCUT2D eigenvalue weighted by molar-refractivity contribution is -0.540. The van der Waals surface area contributed by atoms with Crippen molar-refractivity contribution in [2.75, 3.05) is 0 Å². The molecule has 1 saturated carbocycles. The summed E-state index contributed by atoms with van der Waals surface area (Å²) in [5.41, 5.74) is -0.126. The summed E-state index contributed by atoms with van der Waals surface area (Å²) in [5.74, 6) is -1.02. The molecule has 1 aromatic carbocycles. The van der Waals surface area contributed by atoms with E-state index < -0.39 is 17.0 Å². The molecule has 134 valence electrons. The van der Waals surface area contributed by atoms with Crippen molar-refractivity contribution >= 4 is 29.3 Å². The van der Waals surface area contributed by atoms with E-state index in [0.29, 0.717) is 10.0 Å². The topological polar surface area (TPSA) is 27.7 Å². The molecule has 0 amide bonds. The van der Waals surface area contributed by atoms with E-state index in [4.69, 9.17) is 37.7 Å². The first-order valence-electron chi connectivity index (χ1n) is 8.63. The van der Waals surface area contributed by atoms with Crippen molar-refractivity contribution in [2.24, 2.45) is 5.41 Å². The molecule has 25 heavy (non-hydrogen) atoms. The van der Waals surface area contributed by atoms with Crippen LogP contribution in [-0.4, -0.2) is 17.0 Å². The van der Waals surface area contributed by atoms with Gasteiger partial charge in [-0.05, 0) is 62.1 Å². The lowest BCUT2D eigenvalue weighted by atomic mass is 9.57. The zero-order chi connectivity index (χ0) is 17.9. The smallest absolute Gasteiger partial charge is 0.241 e. The summed E-state index contributed by atoms with van der Waals surface area (Å²) in [6, 6.07) is 5.48. The summed E-state index contributed by atoms with van der Waals surface area (Å²) < 4.78 is 6.49. The van der Waals surface area contributed by atoms with E-state index in [9.17, 15) is 0 Å². The van der Waals surface area contributed by atoms with Gasteiger partial charge < -0.3 is 4.74 Å². The third kappa shape index (κ3) is 2.52. The molecule has 0 N–H and O–H groups in total. The summed E-state index contributed by atoms with van der Waals surface area (Å²) in [6.45, 7) is 6.55. The maximum absolute atomic E-state index is 6.49. The van der Waals surface area contributed by atoms with Gasteiger partial charge in [-0.3, -0.25) is 0 Å². The minimum atomic E-state index is -1.02. The predicted octanol–water partition coefficient (Wildman–Crippen LogP) is 5.96. The molecule has 3 atom stereocenters. The monoisotopic (exact) mass is 380 g/mol. The highest BCUT2D eigenvalue weighted by Gasteiger charge is 2.68. The van der Waals surface area contributed by atoms with Crippen LogP contribution < -0.4 is 0 Å². The lowest BCUT2D eigenvalue weighted by Crippen LogP contribution is -2.73. The molecule has 0 radical (unpaired) electrons. The number of hydrogen-bond donors (Lipinski definition) is 0. The van der Waals surface area contributed by atoms with Crippen molar-refractivity contribution in [1.29, 1.82) is 0 Å². The zero-order valence-electron chi connectivity index (χ0n) is 14.6. The van der Waals surface area contributed by atoms with Crippen LogP contribution in [0.5, 0.6) is 0 Å². The molecule has 5 heteroatoms. The zero-order valence-corrected chi connectivity index (χ0v) is 16.2. The average Bonchev–Trinajstić information content (AvgIpc) is 2.56. The van der Waals surface area contributed by atoms with Gasteiger partial charge in [0, 0.05) is 5.41 Å². The third-order valence-corrected chi connectivity index (χ3v) is 6.68. The third-order valence-electron chi connectivity index (χ3n) is 5.94. The highest BCUT2D eigenvalue weighted by Crippen LogP contribution is 2.60. The van der Waals surface area contributed by atoms with Crippen LogP contribution in [0.1, 0.15) is 45.6 Å². The first-order valence-corrected chi connectivity index (χ1v) is 9.38. The number of fused-ring (bicyclic) bond motifs is 1. The Labute approximate surface area is 158 Å². The molecule has 5 rings (SSSR count). The molecule has 2 fully saturated rings. The summed E-state index contributed by atoms with van der Waals surface area (Å²) >= 11 is 12.1. The minimum Gasteiger partial charge on any atom is -0.331 e. The summed E-state index contributed by atoms with van der Waals surface area (Å²) in [4.78, 5) is 11.8. The van der Waals surface area contributed by atoms with Gasteiger partial charge in [-0.15, -0.1) is 0 Å². The van der Waals surface area contributed by atoms with Crippen LogP contribution in [0.25, 0.3) is 6.08 Å². The highest BCUT2D eigenvalue weighted by molar-refractivity contribution is 6.42. The van der Waals surface area contributed by atoms with E-state index >= 15 is 0 Å². The van der Waals surface area contributed by atoms with Crippen molar-refractivity contribution < 1.29 is 14.5 Å². The number of halogens is 2. The van der Waals surface area contributed by atoms with Crippen molar-refractivity contribution in [1.82, 2.24) is 0 Å². The fourth-order valence-corrected chi connectivity index (χ4v) is 4.76. The second kappa shape index (κ2) is 5.58. The Balaban J connectivity index is 1.68. The predicted molar refractivity (Wildman–Crippen MR) is 99.4 cm³/mol. The van der Waals surface area contributed by atoms with Gasteiger partial charge in [0.1, 0.15) is 5.60 Å². The molecule has 4 aliphatic rings. The van der Waals surface area contributed by atoms with Crippen LogP contribution in [0.2, 0.25) is 10.0 Å². The molecule has 3 heterocycles. The van der Waals surface area contributed by atoms with Crippen molar-refractivity contribution in [3.8, 4) is 0 Å². The van der Waals surface area contributed by atoms with Crippen LogP contribution in [-0.2, 0) is 14.5 Å². The Morgan fingerprint density at radius 1 is 1.00 bits per heavy atom. The molecule has 0 unspecified atom stereocenters. The fourth-order valence-electron chi connectivity index (χ4n) is 4.45. The van der Waals surface area contributed by atoms with E-state index in [0.717, 1.165) is 24.8 Å². The van der Waals surface area contributed by atoms with Crippen LogP contribution in [0.4, 0.5) is 0 Å². The van der Waals surface area contributed by atoms with E-state index in [1.807, 2.05) is 30.4 Å². The van der Waals surface area contributed by atoms with E-state index in [-0.39, 0.29) is 5.41 Å². The van der Waals surface area contributed by atoms with Crippen LogP contribution >= 0.6 is 23.2 Å². The Bertz CT molecular complexity index is 772. The lowest BCUT2D eigenvalue weighted by Gasteiger charge is -2.64. The quantitative estimate of drug-likeness (QED) is 0.467. The van der Waals surface area contributed by atoms with Crippen LogP contribution in [0.15, 0.2) is 36.4 Å². The first kappa shape index (κ1) is 17.6. The SMILES string of the molecule is CC1(C)CCC[C@@]2(C)O[C@]3(/C=C/c4ccc(Cl)c(Cl)c4)C=C[C@]12OO3. The summed E-state index contributed by atoms with van der Waals surface area (Å²) in [5, 5.41) is 1.05. The number of hydrogen-bond acceptors (Lipinski definition) is 3. The molecule has 2 bridgehead atoms. The second-order valence-corrected chi connectivity index (χ2v) is 8.85. The Morgan fingerprint density at radius 3 is 2.48 bits per heavy atom. The standard InChI is InChI=1S/C20H22Cl2O3/c1-17(2)8-4-9-18(3)20(17)12-11-19(23-18,24-25-20)10-7-14-5-6-15(21)16(22)13-14/h5-7,10-13H,4,8-9H2,1-3H3/b10-7+/t18-,19+,20+/m1/s1. The summed E-state index contributed by atoms with van der Waals surface area (Å²) in [6.07, 6.45) is 11.0. The number of benzene rings is 1. The Hall–Kier alpha value is -0.840. The van der Waals surface area contributed by atoms with Gasteiger partial charge in [-0.25, -0.2) is 4.89 Å². The highest BCUT2D eigenvalue weighted by atomic mass is 35.5. The van der Waals surface area contributed by atoms with Crippen LogP contribution in [0, 0.1) is 5.41 Å². The minimum absolute atomic E-state index is 0.0590. The van der Waals surface area contributed by atoms with Gasteiger partial charge in [-0.1, -0.05) is 49.2 Å². The van der Waals surface area contributed by atoms with Crippen LogP contribution in [0.3, 0.4) is 0 Å². The average molecular weight is 381 g/mol. The molecular weight excluding hydrogens is 359 g/mol. The van der Waals surface area contributed by atoms with E-state index in [2.05, 4.69) is 26.8 Å². The van der Waals surface area contributed by atoms with Crippen molar-refractivity contribution in [3.05, 3.63) is 52.0 Å². The normalized spacial score (nSPS) is 38.9. The maximum atomic E-state index is 6.49. The molecule has 1 saturated heterocycles. The molecular formula is C20H22Cl2O3. The van der Waals surface area contributed by atoms with Gasteiger partial charge in [0.25, 0.3) is 0 Å². The van der Waals surface area contributed by atoms with Gasteiger partial charge >= 0.3 is 0 Å². The molecule has 1 aromatic rings. The van der Waals surface area contributed by atoms with Crippen molar-refractivity contribution in [2.45, 2.75) is 57.0 Å². The largest absolute Gasteiger partial charge is 0.331 e. The number of rotatable bonds is 2. The fraction of sp³-hybridized carbons (Fsp3) is 0.500. The molecule has 1 spiro atoms. The second-order valence-electron chi connectivity index (χ2n) is 8.03.